The van der Waals surface area contributed by atoms with E-state index in [2.05, 4.69) is 20.4 Å². The first-order valence-corrected chi connectivity index (χ1v) is 6.45. The van der Waals surface area contributed by atoms with Gasteiger partial charge >= 0.3 is 5.97 Å². The number of nitrogens with zero attached hydrogens (tertiary/aromatic N) is 4. The standard InChI is InChI=1S/C13H17N5O2/c1-4-14-13-16-9(3)6-11(17-13)18-8-10(7-15-18)12(19)20-5-2/h6-8H,4-5H2,1-3H3,(H,14,16,17). The van der Waals surface area contributed by atoms with Crippen LogP contribution in [0, 0.1) is 6.92 Å². The molecule has 2 aromatic heterocycles. The van der Waals surface area contributed by atoms with E-state index in [9.17, 15) is 4.79 Å². The minimum atomic E-state index is -0.392. The molecule has 0 saturated carbocycles. The Morgan fingerprint density at radius 3 is 2.90 bits per heavy atom. The molecule has 0 radical (unpaired) electrons. The highest BCUT2D eigenvalue weighted by Crippen LogP contribution is 2.10. The third kappa shape index (κ3) is 3.11. The molecule has 7 heteroatoms. The highest BCUT2D eigenvalue weighted by Gasteiger charge is 2.11. The first-order valence-electron chi connectivity index (χ1n) is 6.45. The van der Waals surface area contributed by atoms with E-state index in [1.165, 1.54) is 10.9 Å². The van der Waals surface area contributed by atoms with E-state index in [4.69, 9.17) is 4.74 Å². The van der Waals surface area contributed by atoms with Crippen LogP contribution >= 0.6 is 0 Å². The largest absolute Gasteiger partial charge is 0.462 e. The molecule has 0 spiro atoms. The predicted octanol–water partition coefficient (Wildman–Crippen LogP) is 1.58. The molecular formula is C13H17N5O2. The third-order valence-electron chi connectivity index (χ3n) is 2.50. The van der Waals surface area contributed by atoms with Gasteiger partial charge in [0.15, 0.2) is 5.82 Å². The fourth-order valence-electron chi connectivity index (χ4n) is 1.67. The minimum absolute atomic E-state index is 0.335. The lowest BCUT2D eigenvalue weighted by Crippen LogP contribution is -2.07. The van der Waals surface area contributed by atoms with Gasteiger partial charge in [-0.25, -0.2) is 14.5 Å². The van der Waals surface area contributed by atoms with E-state index in [0.717, 1.165) is 12.2 Å². The molecule has 7 nitrogen and oxygen atoms in total. The molecule has 20 heavy (non-hydrogen) atoms. The molecule has 0 aliphatic carbocycles. The van der Waals surface area contributed by atoms with Gasteiger partial charge in [0.1, 0.15) is 0 Å². The van der Waals surface area contributed by atoms with Gasteiger partial charge in [-0.05, 0) is 20.8 Å². The number of aryl methyl sites for hydroxylation is 1. The van der Waals surface area contributed by atoms with Crippen LogP contribution in [0.3, 0.4) is 0 Å². The second-order valence-corrected chi connectivity index (χ2v) is 4.12. The molecule has 1 N–H and O–H groups in total. The zero-order valence-corrected chi connectivity index (χ0v) is 11.8. The first-order chi connectivity index (χ1) is 9.63. The van der Waals surface area contributed by atoms with Crippen LogP contribution in [0.15, 0.2) is 18.5 Å². The Hall–Kier alpha value is -2.44. The van der Waals surface area contributed by atoms with Crippen molar-refractivity contribution in [1.82, 2.24) is 19.7 Å². The van der Waals surface area contributed by atoms with E-state index >= 15 is 0 Å². The second-order valence-electron chi connectivity index (χ2n) is 4.12. The molecule has 2 rings (SSSR count). The molecule has 0 saturated heterocycles. The maximum Gasteiger partial charge on any atom is 0.341 e. The molecule has 106 valence electrons. The maximum absolute atomic E-state index is 11.6. The van der Waals surface area contributed by atoms with Crippen molar-refractivity contribution in [3.63, 3.8) is 0 Å². The fourth-order valence-corrected chi connectivity index (χ4v) is 1.67. The summed E-state index contributed by atoms with van der Waals surface area (Å²) in [6.45, 7) is 6.68. The summed E-state index contributed by atoms with van der Waals surface area (Å²) >= 11 is 0. The average Bonchev–Trinajstić information content (AvgIpc) is 2.88. The van der Waals surface area contributed by atoms with Crippen molar-refractivity contribution in [3.8, 4) is 5.82 Å². The number of carbonyl (C=O) groups excluding carboxylic acids is 1. The Kier molecular flexibility index (Phi) is 4.29. The van der Waals surface area contributed by atoms with Crippen LogP contribution in [0.4, 0.5) is 5.95 Å². The Balaban J connectivity index is 2.29. The number of hydrogen-bond donors (Lipinski definition) is 1. The molecule has 0 atom stereocenters. The average molecular weight is 275 g/mol. The molecule has 0 amide bonds. The molecule has 0 unspecified atom stereocenters. The topological polar surface area (TPSA) is 81.9 Å². The van der Waals surface area contributed by atoms with Crippen molar-refractivity contribution < 1.29 is 9.53 Å². The van der Waals surface area contributed by atoms with Gasteiger partial charge in [0.2, 0.25) is 5.95 Å². The molecule has 2 aromatic rings. The van der Waals surface area contributed by atoms with Crippen molar-refractivity contribution in [2.75, 3.05) is 18.5 Å². The van der Waals surface area contributed by atoms with Crippen molar-refractivity contribution in [2.45, 2.75) is 20.8 Å². The highest BCUT2D eigenvalue weighted by atomic mass is 16.5. The van der Waals surface area contributed by atoms with E-state index in [0.29, 0.717) is 23.9 Å². The summed E-state index contributed by atoms with van der Waals surface area (Å²) in [5.74, 6) is 0.746. The van der Waals surface area contributed by atoms with Crippen LogP contribution in [0.1, 0.15) is 29.9 Å². The predicted molar refractivity (Wildman–Crippen MR) is 74.0 cm³/mol. The Morgan fingerprint density at radius 2 is 2.20 bits per heavy atom. The molecule has 0 aliphatic rings. The number of rotatable bonds is 5. The zero-order chi connectivity index (χ0) is 14.5. The van der Waals surface area contributed by atoms with Crippen LogP contribution in [0.2, 0.25) is 0 Å². The van der Waals surface area contributed by atoms with Gasteiger partial charge in [-0.1, -0.05) is 0 Å². The summed E-state index contributed by atoms with van der Waals surface area (Å²) in [4.78, 5) is 20.2. The molecule has 0 aliphatic heterocycles. The van der Waals surface area contributed by atoms with Crippen LogP contribution < -0.4 is 5.32 Å². The van der Waals surface area contributed by atoms with Crippen LogP contribution in [-0.2, 0) is 4.74 Å². The molecule has 0 aromatic carbocycles. The highest BCUT2D eigenvalue weighted by molar-refractivity contribution is 5.88. The van der Waals surface area contributed by atoms with Crippen LogP contribution in [0.25, 0.3) is 5.82 Å². The van der Waals surface area contributed by atoms with Gasteiger partial charge in [-0.15, -0.1) is 0 Å². The zero-order valence-electron chi connectivity index (χ0n) is 11.8. The number of anilines is 1. The Morgan fingerprint density at radius 1 is 1.40 bits per heavy atom. The number of hydrogen-bond acceptors (Lipinski definition) is 6. The summed E-state index contributed by atoms with van der Waals surface area (Å²) < 4.78 is 6.46. The summed E-state index contributed by atoms with van der Waals surface area (Å²) in [5.41, 5.74) is 1.22. The third-order valence-corrected chi connectivity index (χ3v) is 2.50. The van der Waals surface area contributed by atoms with E-state index in [-0.39, 0.29) is 0 Å². The SMILES string of the molecule is CCNc1nc(C)cc(-n2cc(C(=O)OCC)cn2)n1. The molecule has 2 heterocycles. The molecule has 0 fully saturated rings. The molecular weight excluding hydrogens is 258 g/mol. The normalized spacial score (nSPS) is 10.3. The van der Waals surface area contributed by atoms with Gasteiger partial charge in [0.25, 0.3) is 0 Å². The minimum Gasteiger partial charge on any atom is -0.462 e. The summed E-state index contributed by atoms with van der Waals surface area (Å²) in [6, 6.07) is 1.79. The smallest absolute Gasteiger partial charge is 0.341 e. The molecule has 0 bridgehead atoms. The summed E-state index contributed by atoms with van der Waals surface area (Å²) in [6.07, 6.45) is 3.05. The van der Waals surface area contributed by atoms with E-state index < -0.39 is 5.97 Å². The Labute approximate surface area is 117 Å². The summed E-state index contributed by atoms with van der Waals surface area (Å²) in [5, 5.41) is 7.18. The van der Waals surface area contributed by atoms with Gasteiger partial charge in [-0.2, -0.15) is 10.1 Å². The monoisotopic (exact) mass is 275 g/mol. The van der Waals surface area contributed by atoms with E-state index in [1.54, 1.807) is 19.2 Å². The first kappa shape index (κ1) is 14.0. The van der Waals surface area contributed by atoms with Crippen molar-refractivity contribution in [2.24, 2.45) is 0 Å². The van der Waals surface area contributed by atoms with Crippen molar-refractivity contribution in [1.29, 1.82) is 0 Å². The van der Waals surface area contributed by atoms with Crippen LogP contribution in [-0.4, -0.2) is 38.9 Å². The van der Waals surface area contributed by atoms with Crippen molar-refractivity contribution >= 4 is 11.9 Å². The number of aromatic nitrogens is 4. The van der Waals surface area contributed by atoms with Gasteiger partial charge < -0.3 is 10.1 Å². The van der Waals surface area contributed by atoms with Gasteiger partial charge in [-0.3, -0.25) is 0 Å². The number of ether oxygens (including phenoxy) is 1. The number of nitrogens with one attached hydrogen (secondary N) is 1. The second kappa shape index (κ2) is 6.14. The summed E-state index contributed by atoms with van der Waals surface area (Å²) in [7, 11) is 0. The maximum atomic E-state index is 11.6. The Bertz CT molecular complexity index is 609. The number of esters is 1. The van der Waals surface area contributed by atoms with Crippen molar-refractivity contribution in [3.05, 3.63) is 29.7 Å². The van der Waals surface area contributed by atoms with Gasteiger partial charge in [0.05, 0.1) is 18.4 Å². The number of carbonyl (C=O) groups is 1. The fraction of sp³-hybridized carbons (Fsp3) is 0.385. The van der Waals surface area contributed by atoms with Gasteiger partial charge in [0, 0.05) is 24.5 Å². The lowest BCUT2D eigenvalue weighted by atomic mass is 10.4. The lowest BCUT2D eigenvalue weighted by molar-refractivity contribution is 0.0526. The lowest BCUT2D eigenvalue weighted by Gasteiger charge is -2.06. The van der Waals surface area contributed by atoms with E-state index in [1.807, 2.05) is 13.8 Å². The van der Waals surface area contributed by atoms with Crippen LogP contribution in [0.5, 0.6) is 0 Å². The quantitative estimate of drug-likeness (QED) is 0.834.